The normalized spacial score (nSPS) is 37.1. The van der Waals surface area contributed by atoms with Gasteiger partial charge in [0.15, 0.2) is 0 Å². The SMILES string of the molecule is OCCC1CC(O)C(O)[C@@]2(Cc3ccccc3O2)O1. The van der Waals surface area contributed by atoms with Crippen molar-refractivity contribution < 1.29 is 24.8 Å². The zero-order valence-electron chi connectivity index (χ0n) is 10.5. The third-order valence-electron chi connectivity index (χ3n) is 3.83. The molecule has 5 heteroatoms. The van der Waals surface area contributed by atoms with Gasteiger partial charge >= 0.3 is 0 Å². The van der Waals surface area contributed by atoms with Gasteiger partial charge < -0.3 is 24.8 Å². The van der Waals surface area contributed by atoms with E-state index >= 15 is 0 Å². The lowest BCUT2D eigenvalue weighted by Gasteiger charge is -2.43. The zero-order valence-corrected chi connectivity index (χ0v) is 10.5. The van der Waals surface area contributed by atoms with Crippen LogP contribution in [0.15, 0.2) is 24.3 Å². The molecule has 1 aromatic carbocycles. The highest BCUT2D eigenvalue weighted by molar-refractivity contribution is 5.39. The van der Waals surface area contributed by atoms with E-state index in [9.17, 15) is 10.2 Å². The molecule has 2 heterocycles. The number of rotatable bonds is 2. The molecule has 3 rings (SSSR count). The van der Waals surface area contributed by atoms with Crippen molar-refractivity contribution in [3.05, 3.63) is 29.8 Å². The summed E-state index contributed by atoms with van der Waals surface area (Å²) in [4.78, 5) is 0. The largest absolute Gasteiger partial charge is 0.459 e. The average Bonchev–Trinajstić information content (AvgIpc) is 2.75. The third-order valence-corrected chi connectivity index (χ3v) is 3.83. The second kappa shape index (κ2) is 4.76. The van der Waals surface area contributed by atoms with Crippen LogP contribution in [0.4, 0.5) is 0 Å². The van der Waals surface area contributed by atoms with Crippen molar-refractivity contribution in [3.63, 3.8) is 0 Å². The molecule has 0 amide bonds. The molecular weight excluding hydrogens is 248 g/mol. The Balaban J connectivity index is 1.87. The van der Waals surface area contributed by atoms with Gasteiger partial charge in [-0.05, 0) is 12.5 Å². The molecule has 2 aliphatic rings. The molecule has 19 heavy (non-hydrogen) atoms. The highest BCUT2D eigenvalue weighted by Gasteiger charge is 2.54. The highest BCUT2D eigenvalue weighted by Crippen LogP contribution is 2.42. The van der Waals surface area contributed by atoms with Crippen LogP contribution in [0.5, 0.6) is 5.75 Å². The Kier molecular flexibility index (Phi) is 3.22. The molecule has 0 radical (unpaired) electrons. The van der Waals surface area contributed by atoms with E-state index in [0.29, 0.717) is 25.0 Å². The van der Waals surface area contributed by atoms with Crippen LogP contribution in [0, 0.1) is 0 Å². The standard InChI is InChI=1S/C14H18O5/c15-6-5-10-7-11(16)13(17)14(18-10)8-9-3-1-2-4-12(9)19-14/h1-4,10-11,13,15-17H,5-8H2/t10?,11?,13?,14-/m0/s1. The second-order valence-electron chi connectivity index (χ2n) is 5.20. The van der Waals surface area contributed by atoms with Gasteiger partial charge in [0.1, 0.15) is 11.9 Å². The smallest absolute Gasteiger partial charge is 0.243 e. The van der Waals surface area contributed by atoms with Crippen LogP contribution in [0.2, 0.25) is 0 Å². The maximum atomic E-state index is 10.2. The van der Waals surface area contributed by atoms with Gasteiger partial charge in [-0.3, -0.25) is 0 Å². The lowest BCUT2D eigenvalue weighted by molar-refractivity contribution is -0.301. The van der Waals surface area contributed by atoms with Gasteiger partial charge in [-0.1, -0.05) is 18.2 Å². The van der Waals surface area contributed by atoms with Crippen molar-refractivity contribution in [2.24, 2.45) is 0 Å². The number of ether oxygens (including phenoxy) is 2. The van der Waals surface area contributed by atoms with Gasteiger partial charge in [0, 0.05) is 25.0 Å². The third kappa shape index (κ3) is 2.12. The van der Waals surface area contributed by atoms with E-state index in [2.05, 4.69) is 0 Å². The minimum atomic E-state index is -1.22. The average molecular weight is 266 g/mol. The maximum absolute atomic E-state index is 10.2. The molecule has 1 spiro atoms. The number of hydrogen-bond acceptors (Lipinski definition) is 5. The van der Waals surface area contributed by atoms with E-state index in [1.165, 1.54) is 0 Å². The highest BCUT2D eigenvalue weighted by atomic mass is 16.7. The Bertz CT molecular complexity index is 436. The van der Waals surface area contributed by atoms with E-state index in [0.717, 1.165) is 5.56 Å². The number of hydrogen-bond donors (Lipinski definition) is 3. The van der Waals surface area contributed by atoms with Crippen molar-refractivity contribution in [1.82, 2.24) is 0 Å². The first-order valence-electron chi connectivity index (χ1n) is 6.56. The summed E-state index contributed by atoms with van der Waals surface area (Å²) in [5.41, 5.74) is 0.957. The number of benzene rings is 1. The van der Waals surface area contributed by atoms with Crippen molar-refractivity contribution in [3.8, 4) is 5.75 Å². The number of fused-ring (bicyclic) bond motifs is 1. The van der Waals surface area contributed by atoms with Crippen molar-refractivity contribution in [1.29, 1.82) is 0 Å². The summed E-state index contributed by atoms with van der Waals surface area (Å²) >= 11 is 0. The molecule has 1 aromatic rings. The molecule has 0 aliphatic carbocycles. The van der Waals surface area contributed by atoms with E-state index in [4.69, 9.17) is 14.6 Å². The molecule has 104 valence electrons. The van der Waals surface area contributed by atoms with Crippen LogP contribution in [0.3, 0.4) is 0 Å². The fourth-order valence-corrected chi connectivity index (χ4v) is 2.88. The van der Waals surface area contributed by atoms with Crippen molar-refractivity contribution in [2.45, 2.75) is 43.4 Å². The second-order valence-corrected chi connectivity index (χ2v) is 5.20. The minimum Gasteiger partial charge on any atom is -0.459 e. The van der Waals surface area contributed by atoms with Crippen LogP contribution < -0.4 is 4.74 Å². The quantitative estimate of drug-likeness (QED) is 0.713. The van der Waals surface area contributed by atoms with Gasteiger partial charge in [0.25, 0.3) is 0 Å². The summed E-state index contributed by atoms with van der Waals surface area (Å²) in [6, 6.07) is 7.50. The molecule has 0 bridgehead atoms. The molecule has 3 unspecified atom stereocenters. The lowest BCUT2D eigenvalue weighted by Crippen LogP contribution is -2.60. The predicted molar refractivity (Wildman–Crippen MR) is 66.7 cm³/mol. The zero-order chi connectivity index (χ0) is 13.5. The van der Waals surface area contributed by atoms with Gasteiger partial charge in [-0.15, -0.1) is 0 Å². The van der Waals surface area contributed by atoms with E-state index in [-0.39, 0.29) is 12.7 Å². The Morgan fingerprint density at radius 3 is 2.79 bits per heavy atom. The summed E-state index contributed by atoms with van der Waals surface area (Å²) in [6.07, 6.45) is -1.16. The summed E-state index contributed by atoms with van der Waals surface area (Å²) in [5.74, 6) is -0.542. The van der Waals surface area contributed by atoms with Gasteiger partial charge in [0.05, 0.1) is 12.2 Å². The summed E-state index contributed by atoms with van der Waals surface area (Å²) in [7, 11) is 0. The summed E-state index contributed by atoms with van der Waals surface area (Å²) < 4.78 is 11.6. The first kappa shape index (κ1) is 12.9. The minimum absolute atomic E-state index is 0.0174. The monoisotopic (exact) mass is 266 g/mol. The fraction of sp³-hybridized carbons (Fsp3) is 0.571. The van der Waals surface area contributed by atoms with E-state index < -0.39 is 18.0 Å². The predicted octanol–water partition coefficient (Wildman–Crippen LogP) is 0.211. The van der Waals surface area contributed by atoms with Crippen LogP contribution in [-0.4, -0.2) is 46.0 Å². The van der Waals surface area contributed by atoms with Crippen LogP contribution in [-0.2, 0) is 11.2 Å². The molecular formula is C14H18O5. The fourth-order valence-electron chi connectivity index (χ4n) is 2.88. The Hall–Kier alpha value is -1.14. The van der Waals surface area contributed by atoms with Gasteiger partial charge in [0.2, 0.25) is 5.79 Å². The molecule has 5 nitrogen and oxygen atoms in total. The van der Waals surface area contributed by atoms with E-state index in [1.54, 1.807) is 0 Å². The molecule has 3 N–H and O–H groups in total. The van der Waals surface area contributed by atoms with Crippen molar-refractivity contribution >= 4 is 0 Å². The Morgan fingerprint density at radius 1 is 1.26 bits per heavy atom. The number of aliphatic hydroxyl groups excluding tert-OH is 3. The molecule has 4 atom stereocenters. The Morgan fingerprint density at radius 2 is 2.05 bits per heavy atom. The van der Waals surface area contributed by atoms with Gasteiger partial charge in [-0.25, -0.2) is 0 Å². The first-order chi connectivity index (χ1) is 9.14. The molecule has 1 fully saturated rings. The lowest BCUT2D eigenvalue weighted by atomic mass is 9.91. The molecule has 0 saturated carbocycles. The number of aliphatic hydroxyl groups is 3. The summed E-state index contributed by atoms with van der Waals surface area (Å²) in [6.45, 7) is -0.0174. The maximum Gasteiger partial charge on any atom is 0.243 e. The number of para-hydroxylation sites is 1. The molecule has 0 aromatic heterocycles. The topological polar surface area (TPSA) is 79.2 Å². The molecule has 1 saturated heterocycles. The summed E-state index contributed by atoms with van der Waals surface area (Å²) in [5, 5.41) is 29.2. The van der Waals surface area contributed by atoms with Crippen molar-refractivity contribution in [2.75, 3.05) is 6.61 Å². The van der Waals surface area contributed by atoms with Crippen LogP contribution >= 0.6 is 0 Å². The Labute approximate surface area is 111 Å². The first-order valence-corrected chi connectivity index (χ1v) is 6.56. The van der Waals surface area contributed by atoms with Crippen LogP contribution in [0.25, 0.3) is 0 Å². The van der Waals surface area contributed by atoms with E-state index in [1.807, 2.05) is 24.3 Å². The van der Waals surface area contributed by atoms with Crippen LogP contribution in [0.1, 0.15) is 18.4 Å². The van der Waals surface area contributed by atoms with Gasteiger partial charge in [-0.2, -0.15) is 0 Å². The molecule has 2 aliphatic heterocycles.